The molecule has 0 heterocycles. The summed E-state index contributed by atoms with van der Waals surface area (Å²) in [5.74, 6) is -0.0584. The zero-order chi connectivity index (χ0) is 21.4. The molecule has 0 bridgehead atoms. The lowest BCUT2D eigenvalue weighted by atomic mass is 9.87. The third-order valence-corrected chi connectivity index (χ3v) is 6.59. The van der Waals surface area contributed by atoms with Crippen molar-refractivity contribution in [2.75, 3.05) is 0 Å². The minimum atomic E-state index is -0.305. The van der Waals surface area contributed by atoms with Crippen LogP contribution in [-0.4, -0.2) is 23.8 Å². The van der Waals surface area contributed by atoms with Crippen LogP contribution < -0.4 is 16.2 Å². The second-order valence-corrected chi connectivity index (χ2v) is 9.33. The molecular formula is C24H43N3O3. The van der Waals surface area contributed by atoms with Crippen LogP contribution in [0.4, 0.5) is 0 Å². The molecule has 0 atom stereocenters. The third-order valence-electron chi connectivity index (χ3n) is 6.59. The number of nitrogens with one attached hydrogen (secondary N) is 3. The van der Waals surface area contributed by atoms with Crippen LogP contribution in [0.15, 0.2) is 0 Å². The Kier molecular flexibility index (Phi) is 12.5. The van der Waals surface area contributed by atoms with Crippen LogP contribution in [0.1, 0.15) is 122 Å². The quantitative estimate of drug-likeness (QED) is 0.545. The van der Waals surface area contributed by atoms with Crippen molar-refractivity contribution in [1.29, 1.82) is 0 Å². The Bertz CT molecular complexity index is 506. The number of carbonyl (C=O) groups excluding carboxylic acids is 3. The first-order chi connectivity index (χ1) is 14.6. The van der Waals surface area contributed by atoms with E-state index in [-0.39, 0.29) is 36.6 Å². The molecule has 2 aliphatic rings. The molecule has 0 aromatic carbocycles. The minimum absolute atomic E-state index is 0.0595. The lowest BCUT2D eigenvalue weighted by molar-refractivity contribution is -0.130. The fourth-order valence-corrected chi connectivity index (χ4v) is 4.74. The molecule has 0 spiro atoms. The first kappa shape index (κ1) is 24.7. The van der Waals surface area contributed by atoms with Crippen molar-refractivity contribution in [2.45, 2.75) is 128 Å². The highest BCUT2D eigenvalue weighted by atomic mass is 16.2. The third kappa shape index (κ3) is 11.6. The van der Waals surface area contributed by atoms with Crippen LogP contribution in [0, 0.1) is 5.92 Å². The van der Waals surface area contributed by atoms with E-state index in [4.69, 9.17) is 0 Å². The van der Waals surface area contributed by atoms with Gasteiger partial charge in [-0.2, -0.15) is 0 Å². The van der Waals surface area contributed by atoms with Crippen LogP contribution in [0.3, 0.4) is 0 Å². The normalized spacial score (nSPS) is 20.4. The van der Waals surface area contributed by atoms with Crippen LogP contribution in [0.2, 0.25) is 0 Å². The zero-order valence-electron chi connectivity index (χ0n) is 18.8. The Balaban J connectivity index is 1.59. The average Bonchev–Trinajstić information content (AvgIpc) is 2.73. The maximum atomic E-state index is 12.3. The SMILES string of the molecule is O=C(CCC(=O)NC1CCCCCCCCCCC1)NNC(=O)CC1CCCCC1. The molecule has 0 aromatic rings. The van der Waals surface area contributed by atoms with Crippen molar-refractivity contribution in [2.24, 2.45) is 5.92 Å². The van der Waals surface area contributed by atoms with E-state index in [9.17, 15) is 14.4 Å². The highest BCUT2D eigenvalue weighted by molar-refractivity contribution is 5.85. The number of carbonyl (C=O) groups is 3. The smallest absolute Gasteiger partial charge is 0.238 e. The zero-order valence-corrected chi connectivity index (χ0v) is 18.8. The summed E-state index contributed by atoms with van der Waals surface area (Å²) in [7, 11) is 0. The summed E-state index contributed by atoms with van der Waals surface area (Å²) in [5.41, 5.74) is 4.96. The summed E-state index contributed by atoms with van der Waals surface area (Å²) < 4.78 is 0. The van der Waals surface area contributed by atoms with Crippen LogP contribution in [0.5, 0.6) is 0 Å². The number of rotatable bonds is 6. The number of amides is 3. The Hall–Kier alpha value is -1.59. The van der Waals surface area contributed by atoms with Crippen molar-refractivity contribution in [1.82, 2.24) is 16.2 Å². The molecular weight excluding hydrogens is 378 g/mol. The molecule has 6 heteroatoms. The molecule has 2 aliphatic carbocycles. The molecule has 0 aromatic heterocycles. The predicted molar refractivity (Wildman–Crippen MR) is 119 cm³/mol. The highest BCUT2D eigenvalue weighted by Gasteiger charge is 2.18. The van der Waals surface area contributed by atoms with E-state index in [1.165, 1.54) is 77.0 Å². The average molecular weight is 422 g/mol. The van der Waals surface area contributed by atoms with E-state index >= 15 is 0 Å². The van der Waals surface area contributed by atoms with Crippen molar-refractivity contribution in [3.05, 3.63) is 0 Å². The topological polar surface area (TPSA) is 87.3 Å². The van der Waals surface area contributed by atoms with Gasteiger partial charge in [0, 0.05) is 25.3 Å². The first-order valence-electron chi connectivity index (χ1n) is 12.5. The van der Waals surface area contributed by atoms with Gasteiger partial charge in [-0.25, -0.2) is 0 Å². The second-order valence-electron chi connectivity index (χ2n) is 9.33. The van der Waals surface area contributed by atoms with E-state index in [2.05, 4.69) is 16.2 Å². The molecule has 2 saturated carbocycles. The fraction of sp³-hybridized carbons (Fsp3) is 0.875. The summed E-state index contributed by atoms with van der Waals surface area (Å²) in [6, 6.07) is 0.232. The Labute approximate surface area is 182 Å². The molecule has 0 unspecified atom stereocenters. The maximum Gasteiger partial charge on any atom is 0.238 e. The van der Waals surface area contributed by atoms with E-state index in [1.807, 2.05) is 0 Å². The van der Waals surface area contributed by atoms with Crippen molar-refractivity contribution in [3.8, 4) is 0 Å². The lowest BCUT2D eigenvalue weighted by Crippen LogP contribution is -2.43. The summed E-state index contributed by atoms with van der Waals surface area (Å²) in [5, 5.41) is 3.14. The van der Waals surface area contributed by atoms with E-state index in [0.717, 1.165) is 25.7 Å². The van der Waals surface area contributed by atoms with Gasteiger partial charge in [-0.05, 0) is 31.6 Å². The van der Waals surface area contributed by atoms with Gasteiger partial charge in [-0.1, -0.05) is 77.0 Å². The number of hydrogen-bond acceptors (Lipinski definition) is 3. The van der Waals surface area contributed by atoms with Crippen molar-refractivity contribution in [3.63, 3.8) is 0 Å². The standard InChI is InChI=1S/C24H43N3O3/c28-22(25-21-15-11-6-4-2-1-3-5-7-12-16-21)17-18-23(29)26-27-24(30)19-20-13-9-8-10-14-20/h20-21H,1-19H2,(H,25,28)(H,26,29)(H,27,30). The largest absolute Gasteiger partial charge is 0.353 e. The van der Waals surface area contributed by atoms with Crippen molar-refractivity contribution < 1.29 is 14.4 Å². The number of hydrogen-bond donors (Lipinski definition) is 3. The van der Waals surface area contributed by atoms with Gasteiger partial charge in [0.1, 0.15) is 0 Å². The first-order valence-corrected chi connectivity index (χ1v) is 12.5. The van der Waals surface area contributed by atoms with Crippen LogP contribution in [-0.2, 0) is 14.4 Å². The summed E-state index contributed by atoms with van der Waals surface area (Å²) in [6.07, 6.45) is 20.1. The molecule has 30 heavy (non-hydrogen) atoms. The number of hydrazine groups is 1. The van der Waals surface area contributed by atoms with Gasteiger partial charge in [-0.15, -0.1) is 0 Å². The van der Waals surface area contributed by atoms with E-state index < -0.39 is 0 Å². The summed E-state index contributed by atoms with van der Waals surface area (Å²) in [6.45, 7) is 0. The summed E-state index contributed by atoms with van der Waals surface area (Å²) in [4.78, 5) is 36.3. The molecule has 2 fully saturated rings. The van der Waals surface area contributed by atoms with Gasteiger partial charge in [0.15, 0.2) is 0 Å². The molecule has 3 N–H and O–H groups in total. The van der Waals surface area contributed by atoms with Gasteiger partial charge < -0.3 is 5.32 Å². The Morgan fingerprint density at radius 1 is 0.533 bits per heavy atom. The molecule has 0 aliphatic heterocycles. The Morgan fingerprint density at radius 3 is 1.57 bits per heavy atom. The monoisotopic (exact) mass is 421 g/mol. The van der Waals surface area contributed by atoms with Crippen LogP contribution >= 0.6 is 0 Å². The molecule has 2 rings (SSSR count). The second kappa shape index (κ2) is 15.2. The van der Waals surface area contributed by atoms with Crippen molar-refractivity contribution >= 4 is 17.7 Å². The van der Waals surface area contributed by atoms with Gasteiger partial charge in [0.25, 0.3) is 0 Å². The predicted octanol–water partition coefficient (Wildman–Crippen LogP) is 4.67. The fourth-order valence-electron chi connectivity index (χ4n) is 4.74. The van der Waals surface area contributed by atoms with Gasteiger partial charge in [0.05, 0.1) is 0 Å². The molecule has 172 valence electrons. The van der Waals surface area contributed by atoms with Gasteiger partial charge in [-0.3, -0.25) is 25.2 Å². The maximum absolute atomic E-state index is 12.3. The van der Waals surface area contributed by atoms with Gasteiger partial charge >= 0.3 is 0 Å². The molecule has 0 radical (unpaired) electrons. The van der Waals surface area contributed by atoms with E-state index in [0.29, 0.717) is 12.3 Å². The lowest BCUT2D eigenvalue weighted by Gasteiger charge is -2.21. The van der Waals surface area contributed by atoms with Gasteiger partial charge in [0.2, 0.25) is 17.7 Å². The minimum Gasteiger partial charge on any atom is -0.353 e. The molecule has 6 nitrogen and oxygen atoms in total. The molecule has 3 amide bonds. The highest BCUT2D eigenvalue weighted by Crippen LogP contribution is 2.26. The van der Waals surface area contributed by atoms with E-state index in [1.54, 1.807) is 0 Å². The molecule has 0 saturated heterocycles. The van der Waals surface area contributed by atoms with Crippen LogP contribution in [0.25, 0.3) is 0 Å². The Morgan fingerprint density at radius 2 is 0.967 bits per heavy atom. The summed E-state index contributed by atoms with van der Waals surface area (Å²) >= 11 is 0.